The topological polar surface area (TPSA) is 71.4 Å². The van der Waals surface area contributed by atoms with Gasteiger partial charge < -0.3 is 5.11 Å². The molecule has 0 saturated heterocycles. The van der Waals surface area contributed by atoms with E-state index in [2.05, 4.69) is 40.7 Å². The van der Waals surface area contributed by atoms with Crippen molar-refractivity contribution in [3.8, 4) is 0 Å². The molecule has 3 fully saturated rings. The van der Waals surface area contributed by atoms with Gasteiger partial charge in [0.15, 0.2) is 12.1 Å². The minimum Gasteiger partial charge on any atom is -0.481 e. The van der Waals surface area contributed by atoms with Gasteiger partial charge in [-0.05, 0) is 90.8 Å². The standard InChI is InChI=1S/C31H44O4/c1-26(2)12-14-31(25(34)35)15-13-29(6)20(21(31)17-26)8-9-23-28(5)16-19(18-32)24(33)27(3,4)22(28)10-11-30(23,29)7/h8,16,18,21-23H,9-15,17H2,1-7H3,(H,34,35)/t21-,22-,23+,28-,29+,30+,31-/m0/s1. The second kappa shape index (κ2) is 7.19. The maximum absolute atomic E-state index is 13.2. The SMILES string of the molecule is CC1(C)CC[C@]2(C(=O)O)CC[C@]3(C)C(=CC[C@@H]4[C@@]5(C)C=C(C=O)C(=O)C(C)(C)[C@@H]5CC[C@]43C)[C@@H]2C1. The van der Waals surface area contributed by atoms with Crippen molar-refractivity contribution in [3.05, 3.63) is 23.3 Å². The Balaban J connectivity index is 1.65. The van der Waals surface area contributed by atoms with Crippen molar-refractivity contribution in [1.29, 1.82) is 0 Å². The first-order chi connectivity index (χ1) is 16.1. The zero-order chi connectivity index (χ0) is 25.8. The van der Waals surface area contributed by atoms with Gasteiger partial charge in [-0.2, -0.15) is 0 Å². The highest BCUT2D eigenvalue weighted by Gasteiger charge is 2.69. The Morgan fingerprint density at radius 3 is 2.26 bits per heavy atom. The van der Waals surface area contributed by atoms with Gasteiger partial charge in [0.2, 0.25) is 0 Å². The fourth-order valence-corrected chi connectivity index (χ4v) is 10.3. The largest absolute Gasteiger partial charge is 0.481 e. The summed E-state index contributed by atoms with van der Waals surface area (Å²) in [5.74, 6) is 0.00771. The molecule has 5 aliphatic rings. The number of allylic oxidation sites excluding steroid dienone is 4. The van der Waals surface area contributed by atoms with Crippen molar-refractivity contribution in [2.45, 2.75) is 99.8 Å². The van der Waals surface area contributed by atoms with Crippen LogP contribution in [-0.2, 0) is 14.4 Å². The van der Waals surface area contributed by atoms with Crippen molar-refractivity contribution in [1.82, 2.24) is 0 Å². The first kappa shape index (κ1) is 25.0. The lowest BCUT2D eigenvalue weighted by Crippen LogP contribution is -2.64. The van der Waals surface area contributed by atoms with E-state index in [9.17, 15) is 19.5 Å². The van der Waals surface area contributed by atoms with E-state index in [1.807, 2.05) is 19.9 Å². The van der Waals surface area contributed by atoms with Crippen molar-refractivity contribution in [2.24, 2.45) is 50.2 Å². The molecule has 0 spiro atoms. The Labute approximate surface area is 211 Å². The number of rotatable bonds is 2. The van der Waals surface area contributed by atoms with Crippen LogP contribution in [0.15, 0.2) is 23.3 Å². The van der Waals surface area contributed by atoms with Gasteiger partial charge in [0, 0.05) is 5.41 Å². The Kier molecular flexibility index (Phi) is 5.13. The zero-order valence-corrected chi connectivity index (χ0v) is 22.8. The minimum absolute atomic E-state index is 0.00442. The average molecular weight is 481 g/mol. The summed E-state index contributed by atoms with van der Waals surface area (Å²) < 4.78 is 0. The summed E-state index contributed by atoms with van der Waals surface area (Å²) in [5, 5.41) is 10.5. The second-order valence-electron chi connectivity index (χ2n) is 14.8. The van der Waals surface area contributed by atoms with Crippen LogP contribution in [0.3, 0.4) is 0 Å². The van der Waals surface area contributed by atoms with Crippen molar-refractivity contribution < 1.29 is 19.5 Å². The summed E-state index contributed by atoms with van der Waals surface area (Å²) in [7, 11) is 0. The van der Waals surface area contributed by atoms with Crippen LogP contribution in [-0.4, -0.2) is 23.1 Å². The highest BCUT2D eigenvalue weighted by atomic mass is 16.4. The van der Waals surface area contributed by atoms with E-state index in [0.29, 0.717) is 11.5 Å². The molecule has 0 bridgehead atoms. The zero-order valence-electron chi connectivity index (χ0n) is 22.8. The van der Waals surface area contributed by atoms with E-state index < -0.39 is 16.8 Å². The predicted molar refractivity (Wildman–Crippen MR) is 137 cm³/mol. The normalized spacial score (nSPS) is 47.7. The number of carbonyl (C=O) groups is 3. The van der Waals surface area contributed by atoms with Gasteiger partial charge in [0.25, 0.3) is 0 Å². The van der Waals surface area contributed by atoms with E-state index in [0.717, 1.165) is 57.7 Å². The number of fused-ring (bicyclic) bond motifs is 7. The Bertz CT molecular complexity index is 1060. The van der Waals surface area contributed by atoms with E-state index in [4.69, 9.17) is 0 Å². The van der Waals surface area contributed by atoms with Crippen LogP contribution in [0.4, 0.5) is 0 Å². The molecule has 0 aromatic carbocycles. The molecule has 1 N–H and O–H groups in total. The van der Waals surface area contributed by atoms with Crippen molar-refractivity contribution in [2.75, 3.05) is 0 Å². The lowest BCUT2D eigenvalue weighted by molar-refractivity contribution is -0.174. The fourth-order valence-electron chi connectivity index (χ4n) is 10.3. The van der Waals surface area contributed by atoms with Crippen LogP contribution in [0.2, 0.25) is 0 Å². The number of hydrogen-bond acceptors (Lipinski definition) is 3. The molecular formula is C31H44O4. The smallest absolute Gasteiger partial charge is 0.310 e. The molecule has 5 aliphatic carbocycles. The number of aldehydes is 1. The van der Waals surface area contributed by atoms with Gasteiger partial charge in [-0.15, -0.1) is 0 Å². The maximum Gasteiger partial charge on any atom is 0.310 e. The molecule has 0 aromatic heterocycles. The van der Waals surface area contributed by atoms with Gasteiger partial charge in [0.1, 0.15) is 0 Å². The van der Waals surface area contributed by atoms with Crippen molar-refractivity contribution >= 4 is 18.0 Å². The molecule has 4 heteroatoms. The number of Topliss-reactive ketones (excluding diaryl/α,β-unsaturated/α-hetero) is 1. The Hall–Kier alpha value is -1.71. The lowest BCUT2D eigenvalue weighted by atomic mass is 9.34. The van der Waals surface area contributed by atoms with E-state index in [1.54, 1.807) is 0 Å². The summed E-state index contributed by atoms with van der Waals surface area (Å²) in [4.78, 5) is 37.9. The van der Waals surface area contributed by atoms with Crippen LogP contribution < -0.4 is 0 Å². The van der Waals surface area contributed by atoms with Crippen LogP contribution in [0.1, 0.15) is 99.8 Å². The van der Waals surface area contributed by atoms with E-state index in [-0.39, 0.29) is 39.3 Å². The first-order valence-corrected chi connectivity index (χ1v) is 13.8. The van der Waals surface area contributed by atoms with Gasteiger partial charge in [-0.3, -0.25) is 14.4 Å². The third kappa shape index (κ3) is 2.95. The van der Waals surface area contributed by atoms with Crippen LogP contribution >= 0.6 is 0 Å². The number of aliphatic carboxylic acids is 1. The number of ketones is 1. The fraction of sp³-hybridized carbons (Fsp3) is 0.774. The van der Waals surface area contributed by atoms with Gasteiger partial charge in [0.05, 0.1) is 11.0 Å². The van der Waals surface area contributed by atoms with Gasteiger partial charge >= 0.3 is 5.97 Å². The lowest BCUT2D eigenvalue weighted by Gasteiger charge is -2.69. The van der Waals surface area contributed by atoms with Crippen LogP contribution in [0, 0.1) is 50.2 Å². The molecule has 0 heterocycles. The average Bonchev–Trinajstić information content (AvgIpc) is 2.76. The maximum atomic E-state index is 13.2. The molecule has 4 nitrogen and oxygen atoms in total. The highest BCUT2D eigenvalue weighted by molar-refractivity contribution is 6.15. The number of carbonyl (C=O) groups excluding carboxylic acids is 2. The molecule has 0 aliphatic heterocycles. The first-order valence-electron chi connectivity index (χ1n) is 13.8. The molecule has 0 unspecified atom stereocenters. The monoisotopic (exact) mass is 480 g/mol. The van der Waals surface area contributed by atoms with E-state index >= 15 is 0 Å². The summed E-state index contributed by atoms with van der Waals surface area (Å²) >= 11 is 0. The quantitative estimate of drug-likeness (QED) is 0.268. The molecular weight excluding hydrogens is 436 g/mol. The van der Waals surface area contributed by atoms with Crippen LogP contribution in [0.5, 0.6) is 0 Å². The third-order valence-corrected chi connectivity index (χ3v) is 12.6. The van der Waals surface area contributed by atoms with Gasteiger partial charge in [-0.1, -0.05) is 66.2 Å². The van der Waals surface area contributed by atoms with Gasteiger partial charge in [-0.25, -0.2) is 0 Å². The molecule has 5 rings (SSSR count). The highest BCUT2D eigenvalue weighted by Crippen LogP contribution is 2.75. The molecule has 7 atom stereocenters. The molecule has 3 saturated carbocycles. The molecule has 0 amide bonds. The summed E-state index contributed by atoms with van der Waals surface area (Å²) in [5.41, 5.74) is 0.417. The summed E-state index contributed by atoms with van der Waals surface area (Å²) in [6.45, 7) is 15.9. The predicted octanol–water partition coefficient (Wildman–Crippen LogP) is 6.79. The second-order valence-corrected chi connectivity index (χ2v) is 14.8. The molecule has 0 aromatic rings. The van der Waals surface area contributed by atoms with Crippen molar-refractivity contribution in [3.63, 3.8) is 0 Å². The molecule has 35 heavy (non-hydrogen) atoms. The summed E-state index contributed by atoms with van der Waals surface area (Å²) in [6, 6.07) is 0. The summed E-state index contributed by atoms with van der Waals surface area (Å²) in [6.07, 6.45) is 12.5. The van der Waals surface area contributed by atoms with E-state index in [1.165, 1.54) is 5.57 Å². The Morgan fingerprint density at radius 2 is 1.63 bits per heavy atom. The molecule has 0 radical (unpaired) electrons. The Morgan fingerprint density at radius 1 is 0.971 bits per heavy atom. The number of carboxylic acid groups (broad SMARTS) is 1. The molecule has 192 valence electrons. The third-order valence-electron chi connectivity index (χ3n) is 12.6. The number of hydrogen-bond donors (Lipinski definition) is 1. The minimum atomic E-state index is -0.630. The van der Waals surface area contributed by atoms with Crippen LogP contribution in [0.25, 0.3) is 0 Å². The number of carboxylic acids is 1.